The van der Waals surface area contributed by atoms with Gasteiger partial charge in [0.25, 0.3) is 5.91 Å². The van der Waals surface area contributed by atoms with Gasteiger partial charge in [0, 0.05) is 17.8 Å². The van der Waals surface area contributed by atoms with Gasteiger partial charge in [-0.3, -0.25) is 9.59 Å². The lowest BCUT2D eigenvalue weighted by Crippen LogP contribution is -2.17. The zero-order valence-electron chi connectivity index (χ0n) is 12.2. The van der Waals surface area contributed by atoms with Crippen LogP contribution in [-0.2, 0) is 0 Å². The van der Waals surface area contributed by atoms with Crippen LogP contribution in [0.4, 0.5) is 8.78 Å². The Bertz CT molecular complexity index is 1100. The maximum absolute atomic E-state index is 14.4. The molecule has 3 aromatic rings. The lowest BCUT2D eigenvalue weighted by atomic mass is 9.98. The van der Waals surface area contributed by atoms with E-state index in [1.807, 2.05) is 6.07 Å². The standard InChI is InChI=1S/C16H7ClF2N4O2/c17-9-5-23-16-11(7(9)3-20)8(4-22-16)14(24)12-10(18)2-1-6(13(12)19)15(21)25/h1-2,4-5H,(H2,21,25)(H,22,23). The second-order valence-corrected chi connectivity index (χ2v) is 5.40. The number of hydrogen-bond acceptors (Lipinski definition) is 4. The molecule has 25 heavy (non-hydrogen) atoms. The van der Waals surface area contributed by atoms with Gasteiger partial charge in [-0.25, -0.2) is 13.8 Å². The second-order valence-electron chi connectivity index (χ2n) is 5.00. The van der Waals surface area contributed by atoms with Crippen molar-refractivity contribution in [2.75, 3.05) is 0 Å². The molecule has 0 atom stereocenters. The quantitative estimate of drug-likeness (QED) is 0.699. The van der Waals surface area contributed by atoms with E-state index in [1.165, 1.54) is 6.20 Å². The van der Waals surface area contributed by atoms with E-state index in [0.29, 0.717) is 0 Å². The first-order chi connectivity index (χ1) is 11.9. The predicted octanol–water partition coefficient (Wildman–Crippen LogP) is 2.70. The number of primary amides is 1. The molecule has 0 aliphatic carbocycles. The maximum Gasteiger partial charge on any atom is 0.251 e. The number of nitrogens with zero attached hydrogens (tertiary/aromatic N) is 2. The van der Waals surface area contributed by atoms with Gasteiger partial charge in [-0.2, -0.15) is 5.26 Å². The lowest BCUT2D eigenvalue weighted by molar-refractivity contribution is 0.0996. The maximum atomic E-state index is 14.4. The molecule has 1 aromatic carbocycles. The van der Waals surface area contributed by atoms with Crippen LogP contribution in [-0.4, -0.2) is 21.7 Å². The summed E-state index contributed by atoms with van der Waals surface area (Å²) in [6.45, 7) is 0. The number of aromatic nitrogens is 2. The van der Waals surface area contributed by atoms with E-state index in [2.05, 4.69) is 9.97 Å². The van der Waals surface area contributed by atoms with Crippen LogP contribution in [0, 0.1) is 23.0 Å². The monoisotopic (exact) mass is 360 g/mol. The minimum atomic E-state index is -1.37. The number of amides is 1. The Morgan fingerprint density at radius 1 is 1.28 bits per heavy atom. The number of nitrogens with two attached hydrogens (primary N) is 1. The minimum absolute atomic E-state index is 0.0181. The molecular formula is C16H7ClF2N4O2. The predicted molar refractivity (Wildman–Crippen MR) is 84.1 cm³/mol. The zero-order chi connectivity index (χ0) is 18.3. The number of rotatable bonds is 3. The summed E-state index contributed by atoms with van der Waals surface area (Å²) in [6.07, 6.45) is 2.37. The number of halogens is 3. The van der Waals surface area contributed by atoms with Gasteiger partial charge in [-0.05, 0) is 12.1 Å². The number of nitriles is 1. The van der Waals surface area contributed by atoms with Crippen molar-refractivity contribution >= 4 is 34.3 Å². The smallest absolute Gasteiger partial charge is 0.251 e. The fourth-order valence-electron chi connectivity index (χ4n) is 2.45. The van der Waals surface area contributed by atoms with Crippen molar-refractivity contribution in [2.45, 2.75) is 0 Å². The minimum Gasteiger partial charge on any atom is -0.366 e. The zero-order valence-corrected chi connectivity index (χ0v) is 13.0. The molecule has 0 spiro atoms. The Hall–Kier alpha value is -3.31. The molecule has 0 radical (unpaired) electrons. The SMILES string of the molecule is N#Cc1c(Cl)cnc2[nH]cc(C(=O)c3c(F)ccc(C(N)=O)c3F)c12. The number of aromatic amines is 1. The Morgan fingerprint density at radius 3 is 2.64 bits per heavy atom. The molecule has 0 aliphatic heterocycles. The molecule has 2 heterocycles. The van der Waals surface area contributed by atoms with Gasteiger partial charge in [0.15, 0.2) is 0 Å². The molecule has 0 saturated heterocycles. The topological polar surface area (TPSA) is 113 Å². The summed E-state index contributed by atoms with van der Waals surface area (Å²) in [4.78, 5) is 30.5. The van der Waals surface area contributed by atoms with E-state index in [4.69, 9.17) is 17.3 Å². The van der Waals surface area contributed by atoms with Gasteiger partial charge < -0.3 is 10.7 Å². The van der Waals surface area contributed by atoms with E-state index in [9.17, 15) is 23.6 Å². The Balaban J connectivity index is 2.30. The summed E-state index contributed by atoms with van der Waals surface area (Å²) in [5.74, 6) is -4.77. The molecular weight excluding hydrogens is 354 g/mol. The number of H-pyrrole nitrogens is 1. The number of benzene rings is 1. The van der Waals surface area contributed by atoms with Crippen molar-refractivity contribution in [1.82, 2.24) is 9.97 Å². The summed E-state index contributed by atoms with van der Waals surface area (Å²) < 4.78 is 28.5. The fraction of sp³-hybridized carbons (Fsp3) is 0. The largest absolute Gasteiger partial charge is 0.366 e. The summed E-state index contributed by atoms with van der Waals surface area (Å²) in [5.41, 5.74) is 3.31. The molecule has 124 valence electrons. The molecule has 1 amide bonds. The van der Waals surface area contributed by atoms with E-state index in [0.717, 1.165) is 18.3 Å². The average Bonchev–Trinajstić information content (AvgIpc) is 2.98. The van der Waals surface area contributed by atoms with Crippen LogP contribution in [0.2, 0.25) is 5.02 Å². The second kappa shape index (κ2) is 5.96. The fourth-order valence-corrected chi connectivity index (χ4v) is 2.63. The first-order valence-corrected chi connectivity index (χ1v) is 7.12. The molecule has 0 bridgehead atoms. The normalized spacial score (nSPS) is 10.6. The highest BCUT2D eigenvalue weighted by Crippen LogP contribution is 2.29. The molecule has 0 aliphatic rings. The van der Waals surface area contributed by atoms with Crippen molar-refractivity contribution in [3.63, 3.8) is 0 Å². The van der Waals surface area contributed by atoms with E-state index in [1.54, 1.807) is 0 Å². The van der Waals surface area contributed by atoms with Gasteiger partial charge in [0.1, 0.15) is 23.4 Å². The summed E-state index contributed by atoms with van der Waals surface area (Å²) in [6, 6.07) is 3.44. The van der Waals surface area contributed by atoms with Crippen molar-refractivity contribution < 1.29 is 18.4 Å². The molecule has 9 heteroatoms. The van der Waals surface area contributed by atoms with Crippen molar-refractivity contribution in [2.24, 2.45) is 5.73 Å². The van der Waals surface area contributed by atoms with Gasteiger partial charge in [0.2, 0.25) is 5.78 Å². The number of nitrogens with one attached hydrogen (secondary N) is 1. The number of fused-ring (bicyclic) bond motifs is 1. The van der Waals surface area contributed by atoms with E-state index < -0.39 is 34.5 Å². The van der Waals surface area contributed by atoms with Gasteiger partial charge in [-0.1, -0.05) is 11.6 Å². The van der Waals surface area contributed by atoms with E-state index in [-0.39, 0.29) is 27.2 Å². The third-order valence-corrected chi connectivity index (χ3v) is 3.88. The first-order valence-electron chi connectivity index (χ1n) is 6.75. The molecule has 0 unspecified atom stereocenters. The van der Waals surface area contributed by atoms with Crippen LogP contribution < -0.4 is 5.73 Å². The Labute approximate surface area is 143 Å². The molecule has 3 N–H and O–H groups in total. The summed E-state index contributed by atoms with van der Waals surface area (Å²) in [5, 5.41) is 9.25. The molecule has 6 nitrogen and oxygen atoms in total. The number of ketones is 1. The number of pyridine rings is 1. The van der Waals surface area contributed by atoms with Crippen molar-refractivity contribution in [3.8, 4) is 6.07 Å². The third kappa shape index (κ3) is 2.51. The average molecular weight is 361 g/mol. The molecule has 0 fully saturated rings. The Morgan fingerprint density at radius 2 is 2.00 bits per heavy atom. The van der Waals surface area contributed by atoms with Crippen molar-refractivity contribution in [3.05, 3.63) is 63.4 Å². The van der Waals surface area contributed by atoms with Gasteiger partial charge in [-0.15, -0.1) is 0 Å². The Kier molecular flexibility index (Phi) is 3.94. The van der Waals surface area contributed by atoms with E-state index >= 15 is 0 Å². The lowest BCUT2D eigenvalue weighted by Gasteiger charge is -2.07. The highest BCUT2D eigenvalue weighted by Gasteiger charge is 2.27. The number of carbonyl (C=O) groups is 2. The van der Waals surface area contributed by atoms with Gasteiger partial charge >= 0.3 is 0 Å². The third-order valence-electron chi connectivity index (χ3n) is 3.60. The van der Waals surface area contributed by atoms with Crippen LogP contribution in [0.5, 0.6) is 0 Å². The van der Waals surface area contributed by atoms with Crippen LogP contribution >= 0.6 is 11.6 Å². The van der Waals surface area contributed by atoms with Crippen LogP contribution in [0.15, 0.2) is 24.5 Å². The number of hydrogen-bond donors (Lipinski definition) is 2. The number of carbonyl (C=O) groups excluding carboxylic acids is 2. The summed E-state index contributed by atoms with van der Waals surface area (Å²) in [7, 11) is 0. The summed E-state index contributed by atoms with van der Waals surface area (Å²) >= 11 is 5.89. The van der Waals surface area contributed by atoms with Crippen molar-refractivity contribution in [1.29, 1.82) is 5.26 Å². The molecule has 3 rings (SSSR count). The van der Waals surface area contributed by atoms with Crippen LogP contribution in [0.1, 0.15) is 31.8 Å². The van der Waals surface area contributed by atoms with Crippen LogP contribution in [0.25, 0.3) is 11.0 Å². The molecule has 0 saturated carbocycles. The first kappa shape index (κ1) is 16.5. The highest BCUT2D eigenvalue weighted by molar-refractivity contribution is 6.33. The molecule has 2 aromatic heterocycles. The highest BCUT2D eigenvalue weighted by atomic mass is 35.5. The van der Waals surface area contributed by atoms with Gasteiger partial charge in [0.05, 0.1) is 27.3 Å². The van der Waals surface area contributed by atoms with Crippen LogP contribution in [0.3, 0.4) is 0 Å².